The van der Waals surface area contributed by atoms with E-state index in [1.165, 1.54) is 109 Å². The molecule has 0 fully saturated rings. The smallest absolute Gasteiger partial charge is 0.0909 e. The molecule has 3 aromatic rings. The third-order valence-electron chi connectivity index (χ3n) is 8.78. The lowest BCUT2D eigenvalue weighted by atomic mass is 9.91. The first kappa shape index (κ1) is 33.5. The van der Waals surface area contributed by atoms with Crippen LogP contribution in [0.2, 0.25) is 0 Å². The summed E-state index contributed by atoms with van der Waals surface area (Å²) in [5, 5.41) is 5.13. The molecule has 2 heteroatoms. The van der Waals surface area contributed by atoms with Crippen LogP contribution >= 0.6 is 0 Å². The average molecular weight is 566 g/mol. The van der Waals surface area contributed by atoms with Crippen molar-refractivity contribution in [1.82, 2.24) is 0 Å². The van der Waals surface area contributed by atoms with Gasteiger partial charge in [-0.25, -0.2) is 0 Å². The number of hydrogen-bond acceptors (Lipinski definition) is 1. The summed E-state index contributed by atoms with van der Waals surface area (Å²) in [6, 6.07) is 20.3. The van der Waals surface area contributed by atoms with Crippen molar-refractivity contribution in [2.45, 2.75) is 125 Å². The van der Waals surface area contributed by atoms with E-state index in [1.54, 1.807) is 0 Å². The Morgan fingerprint density at radius 3 is 1.83 bits per heavy atom. The minimum atomic E-state index is 1.08. The highest BCUT2D eigenvalue weighted by molar-refractivity contribution is 5.72. The fourth-order valence-corrected chi connectivity index (χ4v) is 5.87. The van der Waals surface area contributed by atoms with Crippen LogP contribution in [0.4, 0.5) is 5.69 Å². The normalized spacial score (nSPS) is 12.3. The molecule has 0 bridgehead atoms. The SMILES string of the molecule is CCCCCCCCc1cc(N=[N+](C)C(C)=Cc2cc(CCCC)c(C)c(-c3ccccc3)c2)cc(CCCC)c1C. The molecule has 0 spiro atoms. The van der Waals surface area contributed by atoms with Crippen molar-refractivity contribution in [2.75, 3.05) is 7.05 Å². The number of allylic oxidation sites excluding steroid dienone is 1. The summed E-state index contributed by atoms with van der Waals surface area (Å²) in [6.45, 7) is 13.6. The Bertz CT molecular complexity index is 1310. The maximum atomic E-state index is 5.13. The van der Waals surface area contributed by atoms with Crippen molar-refractivity contribution < 1.29 is 4.70 Å². The Morgan fingerprint density at radius 2 is 1.21 bits per heavy atom. The summed E-state index contributed by atoms with van der Waals surface area (Å²) in [6.07, 6.45) is 18.6. The van der Waals surface area contributed by atoms with E-state index in [0.717, 1.165) is 30.6 Å². The zero-order chi connectivity index (χ0) is 30.3. The molecular weight excluding hydrogens is 508 g/mol. The molecule has 0 radical (unpaired) electrons. The molecule has 0 saturated carbocycles. The number of benzene rings is 3. The van der Waals surface area contributed by atoms with Crippen molar-refractivity contribution in [1.29, 1.82) is 0 Å². The molecule has 42 heavy (non-hydrogen) atoms. The van der Waals surface area contributed by atoms with Crippen LogP contribution in [0.1, 0.15) is 125 Å². The molecule has 0 heterocycles. The molecule has 0 aromatic heterocycles. The number of hydrogen-bond donors (Lipinski definition) is 0. The van der Waals surface area contributed by atoms with Crippen LogP contribution in [-0.2, 0) is 19.3 Å². The predicted molar refractivity (Wildman–Crippen MR) is 184 cm³/mol. The summed E-state index contributed by atoms with van der Waals surface area (Å²) >= 11 is 0. The predicted octanol–water partition coefficient (Wildman–Crippen LogP) is 12.3. The van der Waals surface area contributed by atoms with Gasteiger partial charge in [-0.05, 0) is 120 Å². The molecule has 0 saturated heterocycles. The second kappa shape index (κ2) is 17.8. The molecule has 3 rings (SSSR count). The number of unbranched alkanes of at least 4 members (excludes halogenated alkanes) is 7. The Hall–Kier alpha value is -3.00. The van der Waals surface area contributed by atoms with Gasteiger partial charge in [-0.1, -0.05) is 107 Å². The fourth-order valence-electron chi connectivity index (χ4n) is 5.87. The number of azo groups is 2. The first-order valence-corrected chi connectivity index (χ1v) is 16.8. The van der Waals surface area contributed by atoms with Crippen LogP contribution in [0, 0.1) is 13.8 Å². The molecule has 3 aromatic carbocycles. The van der Waals surface area contributed by atoms with Crippen molar-refractivity contribution >= 4 is 11.8 Å². The monoisotopic (exact) mass is 565 g/mol. The quantitative estimate of drug-likeness (QED) is 0.0878. The summed E-state index contributed by atoms with van der Waals surface area (Å²) in [4.78, 5) is 0. The Labute approximate surface area is 258 Å². The van der Waals surface area contributed by atoms with Gasteiger partial charge in [0, 0.05) is 13.0 Å². The fraction of sp³-hybridized carbons (Fsp3) is 0.500. The van der Waals surface area contributed by atoms with E-state index in [2.05, 4.69) is 114 Å². The van der Waals surface area contributed by atoms with E-state index in [0.29, 0.717) is 0 Å². The summed E-state index contributed by atoms with van der Waals surface area (Å²) in [5.41, 5.74) is 13.4. The zero-order valence-corrected chi connectivity index (χ0v) is 27.9. The minimum Gasteiger partial charge on any atom is -0.0909 e. The number of rotatable bonds is 17. The maximum Gasteiger partial charge on any atom is 0.205 e. The van der Waals surface area contributed by atoms with E-state index in [1.807, 2.05) is 0 Å². The first-order chi connectivity index (χ1) is 20.4. The third-order valence-corrected chi connectivity index (χ3v) is 8.78. The van der Waals surface area contributed by atoms with Gasteiger partial charge in [0.05, 0.1) is 0 Å². The lowest BCUT2D eigenvalue weighted by Gasteiger charge is -2.14. The van der Waals surface area contributed by atoms with Gasteiger partial charge in [0.1, 0.15) is 5.69 Å². The van der Waals surface area contributed by atoms with Crippen LogP contribution in [0.25, 0.3) is 17.2 Å². The Morgan fingerprint density at radius 1 is 0.667 bits per heavy atom. The van der Waals surface area contributed by atoms with Gasteiger partial charge < -0.3 is 0 Å². The second-order valence-electron chi connectivity index (χ2n) is 12.2. The van der Waals surface area contributed by atoms with Crippen molar-refractivity contribution in [3.8, 4) is 11.1 Å². The van der Waals surface area contributed by atoms with Gasteiger partial charge in [0.2, 0.25) is 5.70 Å². The van der Waals surface area contributed by atoms with Crippen LogP contribution < -0.4 is 0 Å². The summed E-state index contributed by atoms with van der Waals surface area (Å²) in [5.74, 6) is 0. The van der Waals surface area contributed by atoms with Crippen LogP contribution in [0.15, 0.2) is 65.4 Å². The molecule has 0 N–H and O–H groups in total. The van der Waals surface area contributed by atoms with Crippen molar-refractivity contribution in [3.63, 3.8) is 0 Å². The third kappa shape index (κ3) is 10.1. The number of aryl methyl sites for hydroxylation is 3. The van der Waals surface area contributed by atoms with E-state index < -0.39 is 0 Å². The van der Waals surface area contributed by atoms with Gasteiger partial charge in [-0.2, -0.15) is 0 Å². The van der Waals surface area contributed by atoms with Gasteiger partial charge >= 0.3 is 0 Å². The number of nitrogens with zero attached hydrogens (tertiary/aromatic N) is 2. The molecule has 0 unspecified atom stereocenters. The largest absolute Gasteiger partial charge is 0.205 e. The maximum absolute atomic E-state index is 5.13. The Kier molecular flexibility index (Phi) is 14.2. The van der Waals surface area contributed by atoms with Gasteiger partial charge in [-0.15, -0.1) is 0 Å². The first-order valence-electron chi connectivity index (χ1n) is 16.8. The lowest BCUT2D eigenvalue weighted by Crippen LogP contribution is -2.01. The average Bonchev–Trinajstić information content (AvgIpc) is 2.99. The Balaban J connectivity index is 1.92. The minimum absolute atomic E-state index is 1.08. The summed E-state index contributed by atoms with van der Waals surface area (Å²) in [7, 11) is 2.09. The highest BCUT2D eigenvalue weighted by Crippen LogP contribution is 2.30. The van der Waals surface area contributed by atoms with Crippen LogP contribution in [0.3, 0.4) is 0 Å². The van der Waals surface area contributed by atoms with E-state index in [9.17, 15) is 0 Å². The van der Waals surface area contributed by atoms with E-state index in [4.69, 9.17) is 5.11 Å². The van der Waals surface area contributed by atoms with E-state index >= 15 is 0 Å². The molecule has 0 aliphatic carbocycles. The van der Waals surface area contributed by atoms with Crippen molar-refractivity contribution in [3.05, 3.63) is 93.7 Å². The topological polar surface area (TPSA) is 15.4 Å². The molecule has 0 aliphatic heterocycles. The highest BCUT2D eigenvalue weighted by atomic mass is 15.2. The molecule has 226 valence electrons. The van der Waals surface area contributed by atoms with Crippen LogP contribution in [-0.4, -0.2) is 11.7 Å². The van der Waals surface area contributed by atoms with Crippen molar-refractivity contribution in [2.24, 2.45) is 5.11 Å². The van der Waals surface area contributed by atoms with E-state index in [-0.39, 0.29) is 0 Å². The van der Waals surface area contributed by atoms with Gasteiger partial charge in [-0.3, -0.25) is 0 Å². The summed E-state index contributed by atoms with van der Waals surface area (Å²) < 4.78 is 2.07. The van der Waals surface area contributed by atoms with Gasteiger partial charge in [0.25, 0.3) is 0 Å². The lowest BCUT2D eigenvalue weighted by molar-refractivity contribution is -0.510. The van der Waals surface area contributed by atoms with Crippen LogP contribution in [0.5, 0.6) is 0 Å². The molecule has 0 amide bonds. The zero-order valence-electron chi connectivity index (χ0n) is 27.9. The molecular formula is C40H57N2+. The van der Waals surface area contributed by atoms with Gasteiger partial charge in [0.15, 0.2) is 7.05 Å². The standard InChI is InChI=1S/C40H57N2/c1-8-11-14-15-16-18-25-38-30-39(29-37(32(38)5)22-13-10-3)41-42(7)31(4)26-34-27-36(21-12-9-2)33(6)40(28-34)35-23-19-17-20-24-35/h17,19-20,23-24,26-30H,8-16,18,21-22,25H2,1-7H3/q+1. The molecule has 0 aliphatic rings. The highest BCUT2D eigenvalue weighted by Gasteiger charge is 2.13. The molecule has 0 atom stereocenters. The second-order valence-corrected chi connectivity index (χ2v) is 12.2. The molecule has 2 nitrogen and oxygen atoms in total.